The zero-order valence-electron chi connectivity index (χ0n) is 12.2. The van der Waals surface area contributed by atoms with Gasteiger partial charge in [0.15, 0.2) is 0 Å². The van der Waals surface area contributed by atoms with Gasteiger partial charge in [0.1, 0.15) is 12.0 Å². The molecule has 1 amide bonds. The monoisotopic (exact) mass is 313 g/mol. The minimum Gasteiger partial charge on any atom is -0.383 e. The SMILES string of the molecule is Nc1ncc([N+](=O)[O-])cc1C(=O)NCC1(c2ccncc2)CC1. The summed E-state index contributed by atoms with van der Waals surface area (Å²) in [6.07, 6.45) is 6.42. The molecule has 2 aromatic rings. The van der Waals surface area contributed by atoms with E-state index in [4.69, 9.17) is 5.73 Å². The molecule has 8 heteroatoms. The number of anilines is 1. The van der Waals surface area contributed by atoms with Crippen LogP contribution in [0.3, 0.4) is 0 Å². The molecule has 1 saturated carbocycles. The van der Waals surface area contributed by atoms with Crippen molar-refractivity contribution in [2.24, 2.45) is 0 Å². The van der Waals surface area contributed by atoms with Gasteiger partial charge in [-0.3, -0.25) is 19.9 Å². The summed E-state index contributed by atoms with van der Waals surface area (Å²) >= 11 is 0. The molecule has 0 saturated heterocycles. The number of carbonyl (C=O) groups is 1. The van der Waals surface area contributed by atoms with E-state index < -0.39 is 10.8 Å². The third kappa shape index (κ3) is 2.96. The summed E-state index contributed by atoms with van der Waals surface area (Å²) in [7, 11) is 0. The quantitative estimate of drug-likeness (QED) is 0.635. The number of hydrogen-bond donors (Lipinski definition) is 2. The van der Waals surface area contributed by atoms with Crippen LogP contribution in [0, 0.1) is 10.1 Å². The van der Waals surface area contributed by atoms with Crippen LogP contribution in [0.2, 0.25) is 0 Å². The Morgan fingerprint density at radius 3 is 2.70 bits per heavy atom. The molecule has 118 valence electrons. The van der Waals surface area contributed by atoms with Gasteiger partial charge in [-0.1, -0.05) is 0 Å². The summed E-state index contributed by atoms with van der Waals surface area (Å²) in [6.45, 7) is 0.442. The van der Waals surface area contributed by atoms with E-state index in [0.29, 0.717) is 6.54 Å². The van der Waals surface area contributed by atoms with Gasteiger partial charge < -0.3 is 11.1 Å². The first kappa shape index (κ1) is 14.9. The highest BCUT2D eigenvalue weighted by Crippen LogP contribution is 2.47. The first-order valence-corrected chi connectivity index (χ1v) is 7.10. The van der Waals surface area contributed by atoms with Crippen molar-refractivity contribution in [3.8, 4) is 0 Å². The van der Waals surface area contributed by atoms with Crippen molar-refractivity contribution in [3.05, 3.63) is 58.0 Å². The van der Waals surface area contributed by atoms with Gasteiger partial charge >= 0.3 is 0 Å². The predicted octanol–water partition coefficient (Wildman–Crippen LogP) is 1.43. The van der Waals surface area contributed by atoms with Crippen molar-refractivity contribution < 1.29 is 9.72 Å². The van der Waals surface area contributed by atoms with Gasteiger partial charge in [-0.25, -0.2) is 4.98 Å². The lowest BCUT2D eigenvalue weighted by atomic mass is 9.97. The van der Waals surface area contributed by atoms with Gasteiger partial charge in [0, 0.05) is 30.4 Å². The smallest absolute Gasteiger partial charge is 0.288 e. The fourth-order valence-corrected chi connectivity index (χ4v) is 2.51. The van der Waals surface area contributed by atoms with Crippen LogP contribution in [0.1, 0.15) is 28.8 Å². The van der Waals surface area contributed by atoms with Crippen LogP contribution in [0.25, 0.3) is 0 Å². The van der Waals surface area contributed by atoms with Crippen LogP contribution >= 0.6 is 0 Å². The molecule has 0 aliphatic heterocycles. The van der Waals surface area contributed by atoms with Crippen molar-refractivity contribution in [3.63, 3.8) is 0 Å². The zero-order valence-corrected chi connectivity index (χ0v) is 12.2. The van der Waals surface area contributed by atoms with E-state index in [1.165, 1.54) is 0 Å². The standard InChI is InChI=1S/C15H15N5O3/c16-13-12(7-11(8-18-13)20(22)23)14(21)19-9-15(3-4-15)10-1-5-17-6-2-10/h1-2,5-8H,3-4,9H2,(H2,16,18)(H,19,21). The maximum atomic E-state index is 12.3. The highest BCUT2D eigenvalue weighted by Gasteiger charge is 2.44. The van der Waals surface area contributed by atoms with E-state index >= 15 is 0 Å². The number of nitrogens with one attached hydrogen (secondary N) is 1. The van der Waals surface area contributed by atoms with E-state index in [0.717, 1.165) is 30.7 Å². The summed E-state index contributed by atoms with van der Waals surface area (Å²) in [5.41, 5.74) is 6.45. The van der Waals surface area contributed by atoms with Crippen molar-refractivity contribution in [1.82, 2.24) is 15.3 Å². The normalized spacial score (nSPS) is 15.0. The lowest BCUT2D eigenvalue weighted by molar-refractivity contribution is -0.385. The molecule has 2 heterocycles. The molecule has 0 bridgehead atoms. The van der Waals surface area contributed by atoms with Crippen molar-refractivity contribution in [2.75, 3.05) is 12.3 Å². The van der Waals surface area contributed by atoms with Crippen LogP contribution in [-0.2, 0) is 5.41 Å². The number of amides is 1. The van der Waals surface area contributed by atoms with Crippen molar-refractivity contribution in [2.45, 2.75) is 18.3 Å². The van der Waals surface area contributed by atoms with Gasteiger partial charge in [0.25, 0.3) is 11.6 Å². The molecule has 0 radical (unpaired) electrons. The van der Waals surface area contributed by atoms with E-state index in [1.54, 1.807) is 12.4 Å². The second-order valence-electron chi connectivity index (χ2n) is 5.58. The number of aromatic nitrogens is 2. The van der Waals surface area contributed by atoms with Crippen LogP contribution in [0.15, 0.2) is 36.8 Å². The Hall–Kier alpha value is -3.03. The van der Waals surface area contributed by atoms with Crippen molar-refractivity contribution in [1.29, 1.82) is 0 Å². The average molecular weight is 313 g/mol. The number of nitrogen functional groups attached to an aromatic ring is 1. The lowest BCUT2D eigenvalue weighted by Gasteiger charge is -2.16. The van der Waals surface area contributed by atoms with Crippen molar-refractivity contribution >= 4 is 17.4 Å². The molecular formula is C15H15N5O3. The largest absolute Gasteiger partial charge is 0.383 e. The average Bonchev–Trinajstić information content (AvgIpc) is 3.35. The Morgan fingerprint density at radius 2 is 2.09 bits per heavy atom. The minimum atomic E-state index is -0.609. The van der Waals surface area contributed by atoms with Crippen LogP contribution in [0.4, 0.5) is 11.5 Å². The number of hydrogen-bond acceptors (Lipinski definition) is 6. The predicted molar refractivity (Wildman–Crippen MR) is 82.8 cm³/mol. The van der Waals surface area contributed by atoms with Gasteiger partial charge in [-0.2, -0.15) is 0 Å². The number of pyridine rings is 2. The molecule has 1 fully saturated rings. The lowest BCUT2D eigenvalue weighted by Crippen LogP contribution is -2.32. The van der Waals surface area contributed by atoms with E-state index in [2.05, 4.69) is 15.3 Å². The third-order valence-electron chi connectivity index (χ3n) is 4.09. The maximum absolute atomic E-state index is 12.3. The number of nitro groups is 1. The topological polar surface area (TPSA) is 124 Å². The molecule has 3 N–H and O–H groups in total. The molecule has 0 unspecified atom stereocenters. The minimum absolute atomic E-state index is 0.0183. The van der Waals surface area contributed by atoms with Crippen LogP contribution in [-0.4, -0.2) is 27.3 Å². The number of nitrogens with zero attached hydrogens (tertiary/aromatic N) is 3. The second-order valence-corrected chi connectivity index (χ2v) is 5.58. The summed E-state index contributed by atoms with van der Waals surface area (Å²) in [5, 5.41) is 13.6. The molecule has 0 aromatic carbocycles. The second kappa shape index (κ2) is 5.64. The molecule has 23 heavy (non-hydrogen) atoms. The molecule has 8 nitrogen and oxygen atoms in total. The number of nitrogens with two attached hydrogens (primary N) is 1. The fraction of sp³-hybridized carbons (Fsp3) is 0.267. The molecule has 0 atom stereocenters. The fourth-order valence-electron chi connectivity index (χ4n) is 2.51. The van der Waals surface area contributed by atoms with E-state index in [1.807, 2.05) is 12.1 Å². The maximum Gasteiger partial charge on any atom is 0.288 e. The molecule has 2 aromatic heterocycles. The molecule has 3 rings (SSSR count). The van der Waals surface area contributed by atoms with Gasteiger partial charge in [0.2, 0.25) is 0 Å². The summed E-state index contributed by atoms with van der Waals surface area (Å²) in [5.74, 6) is -0.485. The Kier molecular flexibility index (Phi) is 3.65. The number of rotatable bonds is 5. The van der Waals surface area contributed by atoms with Gasteiger partial charge in [-0.05, 0) is 30.5 Å². The van der Waals surface area contributed by atoms with E-state index in [9.17, 15) is 14.9 Å². The first-order valence-electron chi connectivity index (χ1n) is 7.10. The summed E-state index contributed by atoms with van der Waals surface area (Å²) in [6, 6.07) is 5.01. The summed E-state index contributed by atoms with van der Waals surface area (Å²) < 4.78 is 0. The van der Waals surface area contributed by atoms with Crippen LogP contribution < -0.4 is 11.1 Å². The Labute approximate surface area is 131 Å². The summed E-state index contributed by atoms with van der Waals surface area (Å²) in [4.78, 5) is 30.2. The molecular weight excluding hydrogens is 298 g/mol. The molecule has 1 aliphatic carbocycles. The molecule has 1 aliphatic rings. The Morgan fingerprint density at radius 1 is 1.39 bits per heavy atom. The highest BCUT2D eigenvalue weighted by molar-refractivity contribution is 5.98. The zero-order chi connectivity index (χ0) is 16.4. The Balaban J connectivity index is 1.73. The highest BCUT2D eigenvalue weighted by atomic mass is 16.6. The third-order valence-corrected chi connectivity index (χ3v) is 4.09. The van der Waals surface area contributed by atoms with E-state index in [-0.39, 0.29) is 22.5 Å². The van der Waals surface area contributed by atoms with Gasteiger partial charge in [-0.15, -0.1) is 0 Å². The first-order chi connectivity index (χ1) is 11.0. The molecule has 0 spiro atoms. The van der Waals surface area contributed by atoms with Gasteiger partial charge in [0.05, 0.1) is 10.5 Å². The van der Waals surface area contributed by atoms with Crippen LogP contribution in [0.5, 0.6) is 0 Å². The Bertz CT molecular complexity index is 759. The number of carbonyl (C=O) groups excluding carboxylic acids is 1.